The number of nitrogens with one attached hydrogen (secondary N) is 1. The molecule has 0 aliphatic rings. The second kappa shape index (κ2) is 9.75. The number of aromatic nitrogens is 2. The van der Waals surface area contributed by atoms with Crippen molar-refractivity contribution in [3.8, 4) is 5.75 Å². The third-order valence-corrected chi connectivity index (χ3v) is 3.81. The van der Waals surface area contributed by atoms with Gasteiger partial charge >= 0.3 is 0 Å². The number of rotatable bonds is 10. The van der Waals surface area contributed by atoms with Crippen LogP contribution in [0.5, 0.6) is 5.75 Å². The predicted octanol–water partition coefficient (Wildman–Crippen LogP) is 3.77. The van der Waals surface area contributed by atoms with E-state index in [4.69, 9.17) is 4.74 Å². The molecule has 130 valence electrons. The van der Waals surface area contributed by atoms with E-state index in [1.54, 1.807) is 7.11 Å². The molecule has 0 saturated heterocycles. The van der Waals surface area contributed by atoms with Gasteiger partial charge in [0, 0.05) is 25.8 Å². The Hall–Kier alpha value is -2.30. The Labute approximate surface area is 145 Å². The van der Waals surface area contributed by atoms with Crippen molar-refractivity contribution in [2.45, 2.75) is 33.1 Å². The van der Waals surface area contributed by atoms with Gasteiger partial charge < -0.3 is 15.0 Å². The van der Waals surface area contributed by atoms with Crippen molar-refractivity contribution >= 4 is 11.8 Å². The SMILES string of the molecule is CCCN(CCC)c1nccc(NCCc2ccccc2OC)n1. The minimum absolute atomic E-state index is 0.804. The molecule has 1 N–H and O–H groups in total. The number of benzene rings is 1. The molecule has 2 aromatic rings. The molecule has 0 spiro atoms. The fraction of sp³-hybridized carbons (Fsp3) is 0.474. The van der Waals surface area contributed by atoms with Gasteiger partial charge in [0.1, 0.15) is 11.6 Å². The summed E-state index contributed by atoms with van der Waals surface area (Å²) in [7, 11) is 1.71. The van der Waals surface area contributed by atoms with E-state index < -0.39 is 0 Å². The van der Waals surface area contributed by atoms with Crippen molar-refractivity contribution in [1.29, 1.82) is 0 Å². The summed E-state index contributed by atoms with van der Waals surface area (Å²) in [5, 5.41) is 3.39. The number of para-hydroxylation sites is 1. The van der Waals surface area contributed by atoms with E-state index in [1.165, 1.54) is 5.56 Å². The Morgan fingerprint density at radius 1 is 1.08 bits per heavy atom. The highest BCUT2D eigenvalue weighted by Gasteiger charge is 2.08. The van der Waals surface area contributed by atoms with Crippen LogP contribution in [-0.2, 0) is 6.42 Å². The second-order valence-corrected chi connectivity index (χ2v) is 5.72. The van der Waals surface area contributed by atoms with Crippen LogP contribution in [0.1, 0.15) is 32.3 Å². The van der Waals surface area contributed by atoms with Gasteiger partial charge in [-0.25, -0.2) is 4.98 Å². The van der Waals surface area contributed by atoms with Crippen molar-refractivity contribution in [1.82, 2.24) is 9.97 Å². The minimum Gasteiger partial charge on any atom is -0.496 e. The molecule has 0 radical (unpaired) electrons. The number of hydrogen-bond donors (Lipinski definition) is 1. The van der Waals surface area contributed by atoms with Crippen LogP contribution in [0.2, 0.25) is 0 Å². The van der Waals surface area contributed by atoms with Crippen molar-refractivity contribution in [3.63, 3.8) is 0 Å². The fourth-order valence-electron chi connectivity index (χ4n) is 2.69. The molecule has 24 heavy (non-hydrogen) atoms. The van der Waals surface area contributed by atoms with E-state index in [2.05, 4.69) is 40.1 Å². The Morgan fingerprint density at radius 2 is 1.83 bits per heavy atom. The number of nitrogens with zero attached hydrogens (tertiary/aromatic N) is 3. The van der Waals surface area contributed by atoms with Gasteiger partial charge in [0.05, 0.1) is 7.11 Å². The maximum atomic E-state index is 5.39. The van der Waals surface area contributed by atoms with Crippen LogP contribution < -0.4 is 15.0 Å². The molecule has 0 atom stereocenters. The molecule has 1 heterocycles. The lowest BCUT2D eigenvalue weighted by atomic mass is 10.1. The van der Waals surface area contributed by atoms with Gasteiger partial charge in [-0.2, -0.15) is 4.98 Å². The molecular formula is C19H28N4O. The Kier molecular flexibility index (Phi) is 7.33. The van der Waals surface area contributed by atoms with Crippen LogP contribution in [0.25, 0.3) is 0 Å². The molecule has 1 aromatic carbocycles. The van der Waals surface area contributed by atoms with E-state index in [1.807, 2.05) is 30.5 Å². The predicted molar refractivity (Wildman–Crippen MR) is 100 cm³/mol. The topological polar surface area (TPSA) is 50.3 Å². The first-order chi connectivity index (χ1) is 11.8. The van der Waals surface area contributed by atoms with E-state index in [0.29, 0.717) is 0 Å². The summed E-state index contributed by atoms with van der Waals surface area (Å²) >= 11 is 0. The highest BCUT2D eigenvalue weighted by Crippen LogP contribution is 2.18. The largest absolute Gasteiger partial charge is 0.496 e. The van der Waals surface area contributed by atoms with Gasteiger partial charge in [0.2, 0.25) is 5.95 Å². The van der Waals surface area contributed by atoms with Gasteiger partial charge in [0.15, 0.2) is 0 Å². The zero-order valence-electron chi connectivity index (χ0n) is 15.0. The molecule has 0 aliphatic carbocycles. The molecule has 5 heteroatoms. The van der Waals surface area contributed by atoms with Crippen molar-refractivity contribution in [2.75, 3.05) is 37.0 Å². The molecule has 0 bridgehead atoms. The van der Waals surface area contributed by atoms with Crippen LogP contribution in [0, 0.1) is 0 Å². The van der Waals surface area contributed by atoms with E-state index in [9.17, 15) is 0 Å². The van der Waals surface area contributed by atoms with Crippen LogP contribution in [0.15, 0.2) is 36.5 Å². The first-order valence-corrected chi connectivity index (χ1v) is 8.72. The van der Waals surface area contributed by atoms with Gasteiger partial charge in [0.25, 0.3) is 0 Å². The quantitative estimate of drug-likeness (QED) is 0.719. The lowest BCUT2D eigenvalue weighted by Gasteiger charge is -2.21. The van der Waals surface area contributed by atoms with E-state index in [0.717, 1.165) is 56.4 Å². The number of methoxy groups -OCH3 is 1. The zero-order chi connectivity index (χ0) is 17.2. The lowest BCUT2D eigenvalue weighted by Crippen LogP contribution is -2.27. The first kappa shape index (κ1) is 18.0. The van der Waals surface area contributed by atoms with Gasteiger partial charge in [-0.15, -0.1) is 0 Å². The monoisotopic (exact) mass is 328 g/mol. The highest BCUT2D eigenvalue weighted by molar-refractivity contribution is 5.42. The summed E-state index contributed by atoms with van der Waals surface area (Å²) in [6, 6.07) is 10.0. The number of hydrogen-bond acceptors (Lipinski definition) is 5. The summed E-state index contributed by atoms with van der Waals surface area (Å²) in [5.41, 5.74) is 1.19. The lowest BCUT2D eigenvalue weighted by molar-refractivity contribution is 0.410. The summed E-state index contributed by atoms with van der Waals surface area (Å²) in [6.07, 6.45) is 4.90. The molecule has 0 aliphatic heterocycles. The maximum absolute atomic E-state index is 5.39. The molecule has 2 rings (SSSR count). The summed E-state index contributed by atoms with van der Waals surface area (Å²) in [6.45, 7) is 7.13. The summed E-state index contributed by atoms with van der Waals surface area (Å²) < 4.78 is 5.39. The minimum atomic E-state index is 0.804. The second-order valence-electron chi connectivity index (χ2n) is 5.72. The number of anilines is 2. The number of ether oxygens (including phenoxy) is 1. The molecule has 0 saturated carbocycles. The van der Waals surface area contributed by atoms with Gasteiger partial charge in [-0.1, -0.05) is 32.0 Å². The normalized spacial score (nSPS) is 10.5. The van der Waals surface area contributed by atoms with Crippen LogP contribution in [-0.4, -0.2) is 36.7 Å². The Balaban J connectivity index is 1.96. The molecule has 0 unspecified atom stereocenters. The molecule has 0 fully saturated rings. The third-order valence-electron chi connectivity index (χ3n) is 3.81. The molecule has 0 amide bonds. The van der Waals surface area contributed by atoms with E-state index >= 15 is 0 Å². The average Bonchev–Trinajstić information content (AvgIpc) is 2.62. The summed E-state index contributed by atoms with van der Waals surface area (Å²) in [5.74, 6) is 2.60. The summed E-state index contributed by atoms with van der Waals surface area (Å²) in [4.78, 5) is 11.3. The average molecular weight is 328 g/mol. The maximum Gasteiger partial charge on any atom is 0.227 e. The molecular weight excluding hydrogens is 300 g/mol. The van der Waals surface area contributed by atoms with Crippen molar-refractivity contribution < 1.29 is 4.74 Å². The molecule has 1 aromatic heterocycles. The highest BCUT2D eigenvalue weighted by atomic mass is 16.5. The molecule has 5 nitrogen and oxygen atoms in total. The van der Waals surface area contributed by atoms with Crippen molar-refractivity contribution in [2.24, 2.45) is 0 Å². The van der Waals surface area contributed by atoms with Crippen LogP contribution in [0.4, 0.5) is 11.8 Å². The third kappa shape index (κ3) is 5.11. The standard InChI is InChI=1S/C19H28N4O/c1-4-14-23(15-5-2)19-21-13-11-18(22-19)20-12-10-16-8-6-7-9-17(16)24-3/h6-9,11,13H,4-5,10,12,14-15H2,1-3H3,(H,20,21,22). The first-order valence-electron chi connectivity index (χ1n) is 8.72. The Morgan fingerprint density at radius 3 is 2.54 bits per heavy atom. The van der Waals surface area contributed by atoms with Crippen molar-refractivity contribution in [3.05, 3.63) is 42.1 Å². The van der Waals surface area contributed by atoms with Gasteiger partial charge in [-0.05, 0) is 37.0 Å². The Bertz CT molecular complexity index is 612. The van der Waals surface area contributed by atoms with Crippen LogP contribution in [0.3, 0.4) is 0 Å². The van der Waals surface area contributed by atoms with Gasteiger partial charge in [-0.3, -0.25) is 0 Å². The fourth-order valence-corrected chi connectivity index (χ4v) is 2.69. The van der Waals surface area contributed by atoms with E-state index in [-0.39, 0.29) is 0 Å². The zero-order valence-corrected chi connectivity index (χ0v) is 15.0. The smallest absolute Gasteiger partial charge is 0.227 e. The van der Waals surface area contributed by atoms with Crippen LogP contribution >= 0.6 is 0 Å².